The molecule has 1 atom stereocenters. The summed E-state index contributed by atoms with van der Waals surface area (Å²) in [7, 11) is 1.61. The summed E-state index contributed by atoms with van der Waals surface area (Å²) in [5, 5.41) is 8.75. The molecule has 1 heterocycles. The van der Waals surface area contributed by atoms with E-state index in [9.17, 15) is 0 Å². The fourth-order valence-electron chi connectivity index (χ4n) is 3.66. The number of aryl methyl sites for hydroxylation is 1. The Morgan fingerprint density at radius 2 is 2.00 bits per heavy atom. The quantitative estimate of drug-likeness (QED) is 0.818. The van der Waals surface area contributed by atoms with E-state index in [0.29, 0.717) is 23.1 Å². The van der Waals surface area contributed by atoms with Gasteiger partial charge in [-0.2, -0.15) is 0 Å². The van der Waals surface area contributed by atoms with E-state index >= 15 is 0 Å². The molecule has 0 fully saturated rings. The van der Waals surface area contributed by atoms with Crippen LogP contribution in [-0.2, 0) is 11.2 Å². The highest BCUT2D eigenvalue weighted by molar-refractivity contribution is 6.32. The van der Waals surface area contributed by atoms with Gasteiger partial charge in [0.05, 0.1) is 12.1 Å². The SMILES string of the molecule is COc1ccc(C2CC(=N)OC3=C2CCc2ccccc23)cc1Cl. The van der Waals surface area contributed by atoms with Gasteiger partial charge < -0.3 is 9.47 Å². The first-order chi connectivity index (χ1) is 11.7. The van der Waals surface area contributed by atoms with E-state index in [4.69, 9.17) is 26.5 Å². The van der Waals surface area contributed by atoms with Gasteiger partial charge in [0.15, 0.2) is 5.90 Å². The largest absolute Gasteiger partial charge is 0.495 e. The Hall–Kier alpha value is -2.26. The molecule has 0 aromatic heterocycles. The smallest absolute Gasteiger partial charge is 0.188 e. The highest BCUT2D eigenvalue weighted by Crippen LogP contribution is 2.45. The van der Waals surface area contributed by atoms with Gasteiger partial charge in [-0.05, 0) is 41.7 Å². The average molecular weight is 340 g/mol. The molecule has 1 aliphatic carbocycles. The fourth-order valence-corrected chi connectivity index (χ4v) is 3.93. The Kier molecular flexibility index (Phi) is 3.81. The number of rotatable bonds is 2. The molecule has 0 amide bonds. The first-order valence-corrected chi connectivity index (χ1v) is 8.45. The second-order valence-electron chi connectivity index (χ2n) is 6.19. The zero-order valence-corrected chi connectivity index (χ0v) is 14.2. The van der Waals surface area contributed by atoms with Crippen molar-refractivity contribution in [1.29, 1.82) is 5.41 Å². The van der Waals surface area contributed by atoms with E-state index in [0.717, 1.165) is 29.7 Å². The second kappa shape index (κ2) is 5.99. The first-order valence-electron chi connectivity index (χ1n) is 8.07. The number of fused-ring (bicyclic) bond motifs is 2. The van der Waals surface area contributed by atoms with Crippen LogP contribution in [-0.4, -0.2) is 13.0 Å². The zero-order valence-electron chi connectivity index (χ0n) is 13.4. The van der Waals surface area contributed by atoms with E-state index in [1.54, 1.807) is 7.11 Å². The summed E-state index contributed by atoms with van der Waals surface area (Å²) in [6.07, 6.45) is 2.53. The standard InChI is InChI=1S/C20H18ClNO2/c1-23-18-9-7-13(10-17(18)21)16-11-19(22)24-20-14-5-3-2-4-12(14)6-8-15(16)20/h2-5,7,9-10,16,22H,6,8,11H2,1H3. The number of hydrogen-bond acceptors (Lipinski definition) is 3. The molecule has 24 heavy (non-hydrogen) atoms. The predicted molar refractivity (Wildman–Crippen MR) is 95.9 cm³/mol. The van der Waals surface area contributed by atoms with Crippen molar-refractivity contribution >= 4 is 23.3 Å². The van der Waals surface area contributed by atoms with Crippen LogP contribution in [0.15, 0.2) is 48.0 Å². The third-order valence-corrected chi connectivity index (χ3v) is 5.13. The van der Waals surface area contributed by atoms with Gasteiger partial charge in [0.2, 0.25) is 0 Å². The second-order valence-corrected chi connectivity index (χ2v) is 6.59. The lowest BCUT2D eigenvalue weighted by Crippen LogP contribution is -2.23. The average Bonchev–Trinajstić information content (AvgIpc) is 2.61. The molecule has 0 saturated heterocycles. The van der Waals surface area contributed by atoms with E-state index in [2.05, 4.69) is 18.2 Å². The number of nitrogens with one attached hydrogen (secondary N) is 1. The Bertz CT molecular complexity index is 856. The molecule has 2 aliphatic rings. The van der Waals surface area contributed by atoms with Crippen molar-refractivity contribution in [3.05, 3.63) is 69.8 Å². The predicted octanol–water partition coefficient (Wildman–Crippen LogP) is 5.19. The molecule has 3 nitrogen and oxygen atoms in total. The summed E-state index contributed by atoms with van der Waals surface area (Å²) in [6, 6.07) is 14.2. The highest BCUT2D eigenvalue weighted by atomic mass is 35.5. The Morgan fingerprint density at radius 1 is 1.17 bits per heavy atom. The minimum Gasteiger partial charge on any atom is -0.495 e. The lowest BCUT2D eigenvalue weighted by atomic mass is 9.78. The summed E-state index contributed by atoms with van der Waals surface area (Å²) in [6.45, 7) is 0. The van der Waals surface area contributed by atoms with E-state index < -0.39 is 0 Å². The lowest BCUT2D eigenvalue weighted by Gasteiger charge is -2.33. The highest BCUT2D eigenvalue weighted by Gasteiger charge is 2.33. The maximum atomic E-state index is 8.15. The van der Waals surface area contributed by atoms with Crippen molar-refractivity contribution in [2.24, 2.45) is 0 Å². The fraction of sp³-hybridized carbons (Fsp3) is 0.250. The third-order valence-electron chi connectivity index (χ3n) is 4.83. The van der Waals surface area contributed by atoms with Crippen LogP contribution in [0.25, 0.3) is 5.76 Å². The van der Waals surface area contributed by atoms with Gasteiger partial charge in [0, 0.05) is 17.9 Å². The van der Waals surface area contributed by atoms with E-state index in [1.807, 2.05) is 24.3 Å². The van der Waals surface area contributed by atoms with Crippen molar-refractivity contribution in [1.82, 2.24) is 0 Å². The zero-order chi connectivity index (χ0) is 16.7. The number of ether oxygens (including phenoxy) is 2. The Balaban J connectivity index is 1.82. The maximum Gasteiger partial charge on any atom is 0.188 e. The number of benzene rings is 2. The number of allylic oxidation sites excluding steroid dienone is 1. The van der Waals surface area contributed by atoms with Crippen LogP contribution in [0.1, 0.15) is 35.4 Å². The van der Waals surface area contributed by atoms with E-state index in [-0.39, 0.29) is 5.92 Å². The summed E-state index contributed by atoms with van der Waals surface area (Å²) in [5.74, 6) is 1.98. The molecular weight excluding hydrogens is 322 g/mol. The number of halogens is 1. The molecule has 4 rings (SSSR count). The van der Waals surface area contributed by atoms with Crippen molar-refractivity contribution in [2.45, 2.75) is 25.2 Å². The molecule has 1 unspecified atom stereocenters. The molecule has 1 N–H and O–H groups in total. The van der Waals surface area contributed by atoms with Crippen molar-refractivity contribution in [2.75, 3.05) is 7.11 Å². The molecule has 1 aliphatic heterocycles. The van der Waals surface area contributed by atoms with Crippen LogP contribution >= 0.6 is 11.6 Å². The molecule has 0 bridgehead atoms. The van der Waals surface area contributed by atoms with Gasteiger partial charge in [-0.1, -0.05) is 41.9 Å². The van der Waals surface area contributed by atoms with Gasteiger partial charge in [-0.3, -0.25) is 5.41 Å². The molecule has 0 spiro atoms. The van der Waals surface area contributed by atoms with Crippen LogP contribution in [0.4, 0.5) is 0 Å². The molecule has 2 aromatic rings. The molecular formula is C20H18ClNO2. The van der Waals surface area contributed by atoms with Gasteiger partial charge in [-0.25, -0.2) is 0 Å². The lowest BCUT2D eigenvalue weighted by molar-refractivity contribution is 0.414. The van der Waals surface area contributed by atoms with Gasteiger partial charge >= 0.3 is 0 Å². The van der Waals surface area contributed by atoms with Crippen molar-refractivity contribution in [3.63, 3.8) is 0 Å². The molecule has 4 heteroatoms. The molecule has 2 aromatic carbocycles. The van der Waals surface area contributed by atoms with Gasteiger partial charge in [0.25, 0.3) is 0 Å². The summed E-state index contributed by atoms with van der Waals surface area (Å²) in [4.78, 5) is 0. The minimum atomic E-state index is 0.137. The summed E-state index contributed by atoms with van der Waals surface area (Å²) < 4.78 is 11.1. The van der Waals surface area contributed by atoms with Gasteiger partial charge in [-0.15, -0.1) is 0 Å². The number of methoxy groups -OCH3 is 1. The van der Waals surface area contributed by atoms with Crippen LogP contribution < -0.4 is 4.74 Å². The summed E-state index contributed by atoms with van der Waals surface area (Å²) >= 11 is 6.32. The van der Waals surface area contributed by atoms with Crippen molar-refractivity contribution in [3.8, 4) is 5.75 Å². The van der Waals surface area contributed by atoms with Crippen LogP contribution in [0.2, 0.25) is 5.02 Å². The van der Waals surface area contributed by atoms with Crippen LogP contribution in [0.5, 0.6) is 5.75 Å². The monoisotopic (exact) mass is 339 g/mol. The molecule has 0 saturated carbocycles. The molecule has 0 radical (unpaired) electrons. The van der Waals surface area contributed by atoms with E-state index in [1.165, 1.54) is 11.1 Å². The summed E-state index contributed by atoms with van der Waals surface area (Å²) in [5.41, 5.74) is 4.79. The van der Waals surface area contributed by atoms with Crippen LogP contribution in [0, 0.1) is 5.41 Å². The van der Waals surface area contributed by atoms with Crippen molar-refractivity contribution < 1.29 is 9.47 Å². The topological polar surface area (TPSA) is 42.3 Å². The first kappa shape index (κ1) is 15.3. The normalized spacial score (nSPS) is 19.4. The minimum absolute atomic E-state index is 0.137. The molecule has 122 valence electrons. The Morgan fingerprint density at radius 3 is 2.79 bits per heavy atom. The number of hydrogen-bond donors (Lipinski definition) is 1. The third kappa shape index (κ3) is 2.49. The maximum absolute atomic E-state index is 8.15. The Labute approximate surface area is 146 Å². The van der Waals surface area contributed by atoms with Gasteiger partial charge in [0.1, 0.15) is 11.5 Å². The van der Waals surface area contributed by atoms with Crippen LogP contribution in [0.3, 0.4) is 0 Å².